The molecule has 14 rings (SSSR count). The van der Waals surface area contributed by atoms with Crippen LogP contribution in [-0.4, -0.2) is 116 Å². The van der Waals surface area contributed by atoms with Gasteiger partial charge in [-0.05, 0) is 69.3 Å². The molecule has 10 aromatic heterocycles. The Morgan fingerprint density at radius 2 is 1.02 bits per heavy atom. The van der Waals surface area contributed by atoms with Crippen molar-refractivity contribution in [3.63, 3.8) is 0 Å². The highest BCUT2D eigenvalue weighted by atomic mass is 79.9. The highest BCUT2D eigenvalue weighted by Gasteiger charge is 2.38. The zero-order chi connectivity index (χ0) is 62.8. The van der Waals surface area contributed by atoms with Gasteiger partial charge in [0, 0.05) is 49.4 Å². The van der Waals surface area contributed by atoms with Gasteiger partial charge in [0.15, 0.2) is 5.82 Å². The van der Waals surface area contributed by atoms with Gasteiger partial charge in [0.05, 0.1) is 68.1 Å². The zero-order valence-corrected chi connectivity index (χ0v) is 57.4. The molecule has 2 saturated carbocycles. The Labute approximate surface area is 583 Å². The first-order chi connectivity index (χ1) is 42.2. The molecule has 0 amide bonds. The minimum Gasteiger partial charge on any atom is -0.345 e. The van der Waals surface area contributed by atoms with Crippen LogP contribution < -0.4 is 32.5 Å². The van der Waals surface area contributed by atoms with Gasteiger partial charge in [0.25, 0.3) is 41.5 Å². The second-order valence-corrected chi connectivity index (χ2v) is 22.8. The Hall–Kier alpha value is -5.68. The van der Waals surface area contributed by atoms with Crippen LogP contribution in [0, 0.1) is 11.3 Å². The van der Waals surface area contributed by atoms with Crippen molar-refractivity contribution in [2.75, 3.05) is 23.3 Å². The molecule has 10 aromatic rings. The molecule has 93 heavy (non-hydrogen) atoms. The second-order valence-electron chi connectivity index (χ2n) is 20.5. The molecule has 3 N–H and O–H groups in total. The van der Waals surface area contributed by atoms with Crippen molar-refractivity contribution in [1.82, 2.24) is 77.4 Å². The lowest BCUT2D eigenvalue weighted by Gasteiger charge is -2.42. The number of aromatic amines is 2. The van der Waals surface area contributed by atoms with Gasteiger partial charge < -0.3 is 20.2 Å². The molecule has 12 heterocycles. The maximum atomic E-state index is 13.3. The van der Waals surface area contributed by atoms with E-state index < -0.39 is 68.1 Å². The molecule has 22 nitrogen and oxygen atoms in total. The Bertz CT molecular complexity index is 4380. The lowest BCUT2D eigenvalue weighted by Crippen LogP contribution is -2.46. The molecule has 2 atom stereocenters. The summed E-state index contributed by atoms with van der Waals surface area (Å²) in [7, 11) is 0. The molecule has 0 bridgehead atoms. The van der Waals surface area contributed by atoms with Gasteiger partial charge in [-0.1, -0.05) is 75.2 Å². The normalized spacial score (nSPS) is 15.7. The quantitative estimate of drug-likeness (QED) is 0.0761. The van der Waals surface area contributed by atoms with E-state index in [4.69, 9.17) is 46.4 Å². The lowest BCUT2D eigenvalue weighted by molar-refractivity contribution is 0.121. The van der Waals surface area contributed by atoms with Gasteiger partial charge in [-0.3, -0.25) is 32.9 Å². The second kappa shape index (κ2) is 33.8. The van der Waals surface area contributed by atoms with E-state index in [-0.39, 0.29) is 127 Å². The molecular formula is C53H58BrCl5F8N18O4S4. The van der Waals surface area contributed by atoms with Crippen LogP contribution in [-0.2, 0) is 19.6 Å². The number of fused-ring (bicyclic) bond motifs is 5. The maximum Gasteiger partial charge on any atom is 0.279 e. The summed E-state index contributed by atoms with van der Waals surface area (Å²) in [6, 6.07) is 7.71. The van der Waals surface area contributed by atoms with E-state index in [2.05, 4.69) is 67.6 Å². The molecule has 0 unspecified atom stereocenters. The third-order valence-electron chi connectivity index (χ3n) is 15.1. The summed E-state index contributed by atoms with van der Waals surface area (Å²) in [4.78, 5) is 65.2. The molecule has 506 valence electrons. The summed E-state index contributed by atoms with van der Waals surface area (Å²) in [6.45, 7) is -0.745. The van der Waals surface area contributed by atoms with Crippen LogP contribution in [0.3, 0.4) is 0 Å². The average molecular weight is 1550 g/mol. The summed E-state index contributed by atoms with van der Waals surface area (Å²) in [5.74, 6) is 2.74. The highest BCUT2D eigenvalue weighted by Crippen LogP contribution is 2.40. The minimum absolute atomic E-state index is 0. The molecule has 0 spiro atoms. The monoisotopic (exact) mass is 1540 g/mol. The van der Waals surface area contributed by atoms with Crippen molar-refractivity contribution in [1.29, 1.82) is 5.26 Å². The number of anilines is 1. The Kier molecular flexibility index (Phi) is 28.4. The third-order valence-corrected chi connectivity index (χ3v) is 16.8. The van der Waals surface area contributed by atoms with Crippen molar-refractivity contribution in [3.8, 4) is 6.07 Å². The van der Waals surface area contributed by atoms with Gasteiger partial charge in [0.1, 0.15) is 63.4 Å². The number of hydrogen-bond acceptors (Lipinski definition) is 13. The number of nitrogens with one attached hydrogen (secondary N) is 3. The average Bonchev–Trinajstić information content (AvgIpc) is 1.75. The van der Waals surface area contributed by atoms with Gasteiger partial charge in [-0.15, -0.1) is 12.4 Å². The Morgan fingerprint density at radius 1 is 0.591 bits per heavy atom. The molecule has 2 saturated heterocycles. The number of H-pyrrole nitrogens is 2. The Balaban J connectivity index is 0.000000222. The first-order valence-corrected chi connectivity index (χ1v) is 29.8. The predicted octanol–water partition coefficient (Wildman–Crippen LogP) is 11.1. The van der Waals surface area contributed by atoms with E-state index in [0.29, 0.717) is 63.5 Å². The van der Waals surface area contributed by atoms with Crippen molar-refractivity contribution in [2.45, 2.75) is 121 Å². The number of halogens is 14. The van der Waals surface area contributed by atoms with Crippen molar-refractivity contribution < 1.29 is 35.1 Å². The van der Waals surface area contributed by atoms with E-state index in [9.17, 15) is 59.6 Å². The fourth-order valence-electron chi connectivity index (χ4n) is 10.2. The summed E-state index contributed by atoms with van der Waals surface area (Å²) in [5, 5.41) is 31.1. The molecule has 2 aliphatic heterocycles. The standard InChI is InChI=1S/C18H13ClF2N8O.C12H12ClF2N3O.C11H11ClF2N4O.C10H10ClN3O.C2H3BrF2.ClH.4H2S/c19-10-1-4-29-14(10)18(30)28(7-12(20)21)16(26-29)11-2-3-27(11)17-13-9(5-22)6-23-15(13)24-8-25-17;13-8-4-5-18-10(8)12(19)17(6-9(14)15)11(16-18)7-2-1-3-7;12-6-2-4-18-9(6)11(19)17(5-8(13)14)10(16-18)7-1-3-15-7;11-7-4-5-14-8(7)10(15)12-9(13-14)6-2-1-3-6;3-1-2(4)5;;;;;/h1,4,6,8,11-12H,2-3,7H2,(H,23,24,25);4-5,7,9H,1-3,6H2;2,4,7-8,15H,1,3,5H2;4-6H,1-3H2,(H,12,13,15);2H,1H2;1H;4*1H2/t11-;;7-;;;;;;;/m0.0......./s1. The van der Waals surface area contributed by atoms with E-state index >= 15 is 0 Å². The maximum absolute atomic E-state index is 13.3. The fourth-order valence-corrected chi connectivity index (χ4v) is 11.1. The van der Waals surface area contributed by atoms with Gasteiger partial charge in [-0.2, -0.15) is 79.6 Å². The van der Waals surface area contributed by atoms with Crippen LogP contribution in [0.1, 0.15) is 104 Å². The number of alkyl halides is 9. The molecule has 4 aliphatic rings. The molecule has 4 fully saturated rings. The summed E-state index contributed by atoms with van der Waals surface area (Å²) in [5.41, 5.74) is -0.175. The van der Waals surface area contributed by atoms with E-state index in [1.54, 1.807) is 35.2 Å². The number of rotatable bonds is 12. The minimum atomic E-state index is -2.74. The summed E-state index contributed by atoms with van der Waals surface area (Å²) >= 11 is 26.3. The highest BCUT2D eigenvalue weighted by molar-refractivity contribution is 9.09. The molecule has 40 heteroatoms. The lowest BCUT2D eigenvalue weighted by atomic mass is 9.84. The van der Waals surface area contributed by atoms with E-state index in [1.807, 2.05) is 4.90 Å². The van der Waals surface area contributed by atoms with Crippen molar-refractivity contribution in [2.24, 2.45) is 0 Å². The number of nitrogens with zero attached hydrogens (tertiary/aromatic N) is 15. The van der Waals surface area contributed by atoms with Gasteiger partial charge in [0.2, 0.25) is 6.43 Å². The largest absolute Gasteiger partial charge is 0.345 e. The van der Waals surface area contributed by atoms with E-state index in [1.165, 1.54) is 50.8 Å². The van der Waals surface area contributed by atoms with Crippen LogP contribution in [0.4, 0.5) is 40.9 Å². The smallest absolute Gasteiger partial charge is 0.279 e. The van der Waals surface area contributed by atoms with Gasteiger partial charge >= 0.3 is 0 Å². The van der Waals surface area contributed by atoms with Crippen LogP contribution in [0.15, 0.2) is 80.8 Å². The summed E-state index contributed by atoms with van der Waals surface area (Å²) in [6.07, 6.45) is 6.73. The van der Waals surface area contributed by atoms with Gasteiger partial charge in [-0.25, -0.2) is 63.2 Å². The molecule has 0 aromatic carbocycles. The topological polar surface area (TPSA) is 249 Å². The SMILES string of the molecule is Cl.FC(F)CBr.N#Cc1c[nH]c2ncnc(N3CC[C@H]3c3nn4ccc(Cl)c4c(=O)n3CC(F)F)c12.O=c1[nH]c(C2CCC2)nn2ccc(Cl)c12.O=c1c2c(Cl)ccn2nc(C2CCC2)n1CC(F)F.O=c1c2c(Cl)ccn2nc([C@@H]2CCN2)n1CC(F)F.S.S.S.S. The first kappa shape index (κ1) is 78.0. The first-order valence-electron chi connectivity index (χ1n) is 27.2. The van der Waals surface area contributed by atoms with Crippen LogP contribution in [0.25, 0.3) is 33.1 Å². The van der Waals surface area contributed by atoms with E-state index in [0.717, 1.165) is 64.6 Å². The Morgan fingerprint density at radius 3 is 1.42 bits per heavy atom. The summed E-state index contributed by atoms with van der Waals surface area (Å²) < 4.78 is 107. The van der Waals surface area contributed by atoms with Crippen LogP contribution in [0.5, 0.6) is 0 Å². The van der Waals surface area contributed by atoms with Crippen LogP contribution >= 0.6 is 129 Å². The number of aromatic nitrogens is 15. The molecule has 0 radical (unpaired) electrons. The third kappa shape index (κ3) is 16.6. The number of nitriles is 1. The predicted molar refractivity (Wildman–Crippen MR) is 363 cm³/mol. The number of hydrogen-bond donors (Lipinski definition) is 3. The molecule has 2 aliphatic carbocycles. The molecular weight excluding hydrogens is 1490 g/mol. The van der Waals surface area contributed by atoms with Crippen molar-refractivity contribution >= 4 is 168 Å². The van der Waals surface area contributed by atoms with Crippen molar-refractivity contribution in [3.05, 3.63) is 152 Å². The van der Waals surface area contributed by atoms with Crippen LogP contribution in [0.2, 0.25) is 20.1 Å². The fraction of sp³-hybridized carbons (Fsp3) is 0.415. The zero-order valence-electron chi connectivity index (χ0n) is 48.0.